The van der Waals surface area contributed by atoms with E-state index in [4.69, 9.17) is 0 Å². The van der Waals surface area contributed by atoms with Crippen molar-refractivity contribution in [1.82, 2.24) is 5.32 Å². The Bertz CT molecular complexity index is 405. The molecule has 17 heavy (non-hydrogen) atoms. The van der Waals surface area contributed by atoms with Crippen LogP contribution in [0.4, 0.5) is 0 Å². The SMILES string of the molecule is O=C(/C=C(\O)c1ccccc1)C1CCNCC1. The Morgan fingerprint density at radius 1 is 1.24 bits per heavy atom. The van der Waals surface area contributed by atoms with Crippen molar-refractivity contribution >= 4 is 11.5 Å². The molecule has 0 aliphatic carbocycles. The highest BCUT2D eigenvalue weighted by Gasteiger charge is 2.19. The number of aliphatic hydroxyl groups is 1. The molecule has 3 nitrogen and oxygen atoms in total. The summed E-state index contributed by atoms with van der Waals surface area (Å²) in [6.45, 7) is 1.77. The Hall–Kier alpha value is -1.61. The van der Waals surface area contributed by atoms with Crippen LogP contribution in [0, 0.1) is 5.92 Å². The van der Waals surface area contributed by atoms with Gasteiger partial charge in [0, 0.05) is 17.6 Å². The summed E-state index contributed by atoms with van der Waals surface area (Å²) in [7, 11) is 0. The summed E-state index contributed by atoms with van der Waals surface area (Å²) >= 11 is 0. The summed E-state index contributed by atoms with van der Waals surface area (Å²) in [5.41, 5.74) is 0.690. The van der Waals surface area contributed by atoms with E-state index in [2.05, 4.69) is 5.32 Å². The summed E-state index contributed by atoms with van der Waals surface area (Å²) in [6.07, 6.45) is 3.08. The fourth-order valence-electron chi connectivity index (χ4n) is 2.05. The van der Waals surface area contributed by atoms with Crippen molar-refractivity contribution < 1.29 is 9.90 Å². The van der Waals surface area contributed by atoms with Crippen LogP contribution in [0.5, 0.6) is 0 Å². The Morgan fingerprint density at radius 3 is 2.53 bits per heavy atom. The minimum Gasteiger partial charge on any atom is -0.507 e. The minimum atomic E-state index is 0.0350. The predicted molar refractivity (Wildman–Crippen MR) is 67.6 cm³/mol. The summed E-state index contributed by atoms with van der Waals surface area (Å²) in [4.78, 5) is 11.9. The summed E-state index contributed by atoms with van der Waals surface area (Å²) in [6, 6.07) is 9.15. The van der Waals surface area contributed by atoms with Gasteiger partial charge in [-0.2, -0.15) is 0 Å². The fraction of sp³-hybridized carbons (Fsp3) is 0.357. The van der Waals surface area contributed by atoms with Gasteiger partial charge in [0.1, 0.15) is 5.76 Å². The zero-order valence-corrected chi connectivity index (χ0v) is 9.73. The van der Waals surface area contributed by atoms with Gasteiger partial charge in [0.25, 0.3) is 0 Å². The van der Waals surface area contributed by atoms with E-state index >= 15 is 0 Å². The first-order chi connectivity index (χ1) is 8.27. The maximum Gasteiger partial charge on any atom is 0.162 e. The van der Waals surface area contributed by atoms with Crippen LogP contribution in [-0.2, 0) is 4.79 Å². The lowest BCUT2D eigenvalue weighted by Crippen LogP contribution is -2.31. The van der Waals surface area contributed by atoms with Crippen LogP contribution in [-0.4, -0.2) is 24.0 Å². The second-order valence-electron chi connectivity index (χ2n) is 4.32. The highest BCUT2D eigenvalue weighted by Crippen LogP contribution is 2.17. The van der Waals surface area contributed by atoms with Crippen molar-refractivity contribution in [3.05, 3.63) is 42.0 Å². The zero-order chi connectivity index (χ0) is 12.1. The molecule has 1 fully saturated rings. The van der Waals surface area contributed by atoms with Gasteiger partial charge in [-0.05, 0) is 25.9 Å². The van der Waals surface area contributed by atoms with Gasteiger partial charge in [0.15, 0.2) is 5.78 Å². The van der Waals surface area contributed by atoms with E-state index in [0.717, 1.165) is 25.9 Å². The van der Waals surface area contributed by atoms with E-state index in [9.17, 15) is 9.90 Å². The Labute approximate surface area is 101 Å². The van der Waals surface area contributed by atoms with Gasteiger partial charge in [-0.1, -0.05) is 30.3 Å². The molecule has 0 atom stereocenters. The molecule has 90 valence electrons. The number of hydrogen-bond donors (Lipinski definition) is 2. The molecule has 1 aromatic carbocycles. The van der Waals surface area contributed by atoms with Crippen LogP contribution in [0.1, 0.15) is 18.4 Å². The Kier molecular flexibility index (Phi) is 3.94. The monoisotopic (exact) mass is 231 g/mol. The van der Waals surface area contributed by atoms with E-state index in [1.54, 1.807) is 12.1 Å². The van der Waals surface area contributed by atoms with Crippen molar-refractivity contribution in [3.8, 4) is 0 Å². The average molecular weight is 231 g/mol. The van der Waals surface area contributed by atoms with Gasteiger partial charge in [0.2, 0.25) is 0 Å². The summed E-state index contributed by atoms with van der Waals surface area (Å²) < 4.78 is 0. The number of rotatable bonds is 3. The molecular formula is C14H17NO2. The van der Waals surface area contributed by atoms with E-state index in [1.165, 1.54) is 6.08 Å². The summed E-state index contributed by atoms with van der Waals surface area (Å²) in [5, 5.41) is 13.1. The Morgan fingerprint density at radius 2 is 1.88 bits per heavy atom. The molecule has 0 aromatic heterocycles. The number of carbonyl (C=O) groups is 1. The molecule has 2 N–H and O–H groups in total. The smallest absolute Gasteiger partial charge is 0.162 e. The standard InChI is InChI=1S/C14H17NO2/c16-13(11-4-2-1-3-5-11)10-14(17)12-6-8-15-9-7-12/h1-5,10,12,15-16H,6-9H2/b13-10-. The molecule has 0 spiro atoms. The van der Waals surface area contributed by atoms with Gasteiger partial charge in [-0.15, -0.1) is 0 Å². The lowest BCUT2D eigenvalue weighted by atomic mass is 9.93. The predicted octanol–water partition coefficient (Wildman–Crippen LogP) is 2.15. The maximum absolute atomic E-state index is 11.9. The molecule has 2 rings (SSSR count). The highest BCUT2D eigenvalue weighted by atomic mass is 16.3. The van der Waals surface area contributed by atoms with Crippen LogP contribution in [0.3, 0.4) is 0 Å². The number of allylic oxidation sites excluding steroid dienone is 1. The molecular weight excluding hydrogens is 214 g/mol. The number of ketones is 1. The molecule has 1 aromatic rings. The number of aliphatic hydroxyl groups excluding tert-OH is 1. The van der Waals surface area contributed by atoms with Crippen LogP contribution in [0.25, 0.3) is 5.76 Å². The van der Waals surface area contributed by atoms with E-state index in [0.29, 0.717) is 5.56 Å². The molecule has 1 saturated heterocycles. The topological polar surface area (TPSA) is 49.3 Å². The van der Waals surface area contributed by atoms with Crippen molar-refractivity contribution in [2.75, 3.05) is 13.1 Å². The number of benzene rings is 1. The second-order valence-corrected chi connectivity index (χ2v) is 4.32. The lowest BCUT2D eigenvalue weighted by molar-refractivity contribution is -0.118. The maximum atomic E-state index is 11.9. The van der Waals surface area contributed by atoms with Crippen LogP contribution < -0.4 is 5.32 Å². The van der Waals surface area contributed by atoms with Crippen LogP contribution in [0.15, 0.2) is 36.4 Å². The zero-order valence-electron chi connectivity index (χ0n) is 9.73. The molecule has 0 unspecified atom stereocenters. The normalized spacial score (nSPS) is 18.0. The largest absolute Gasteiger partial charge is 0.507 e. The molecule has 0 bridgehead atoms. The number of carbonyl (C=O) groups excluding carboxylic acids is 1. The van der Waals surface area contributed by atoms with Gasteiger partial charge in [-0.25, -0.2) is 0 Å². The molecule has 0 saturated carbocycles. The first-order valence-electron chi connectivity index (χ1n) is 5.98. The average Bonchev–Trinajstić information content (AvgIpc) is 2.40. The third kappa shape index (κ3) is 3.17. The molecule has 1 heterocycles. The summed E-state index contributed by atoms with van der Waals surface area (Å²) in [5.74, 6) is 0.157. The molecule has 1 aliphatic heterocycles. The van der Waals surface area contributed by atoms with E-state index < -0.39 is 0 Å². The number of piperidine rings is 1. The first kappa shape index (κ1) is 11.9. The minimum absolute atomic E-state index is 0.0350. The molecule has 1 aliphatic rings. The van der Waals surface area contributed by atoms with Gasteiger partial charge in [0.05, 0.1) is 0 Å². The van der Waals surface area contributed by atoms with Crippen molar-refractivity contribution in [3.63, 3.8) is 0 Å². The highest BCUT2D eigenvalue weighted by molar-refractivity contribution is 5.97. The molecule has 0 radical (unpaired) electrons. The van der Waals surface area contributed by atoms with Gasteiger partial charge < -0.3 is 10.4 Å². The third-order valence-electron chi connectivity index (χ3n) is 3.09. The molecule has 0 amide bonds. The van der Waals surface area contributed by atoms with Crippen LogP contribution >= 0.6 is 0 Å². The first-order valence-corrected chi connectivity index (χ1v) is 5.98. The van der Waals surface area contributed by atoms with Crippen molar-refractivity contribution in [2.45, 2.75) is 12.8 Å². The van der Waals surface area contributed by atoms with Crippen molar-refractivity contribution in [1.29, 1.82) is 0 Å². The van der Waals surface area contributed by atoms with Crippen LogP contribution in [0.2, 0.25) is 0 Å². The van der Waals surface area contributed by atoms with Gasteiger partial charge in [-0.3, -0.25) is 4.79 Å². The quantitative estimate of drug-likeness (QED) is 0.619. The second kappa shape index (κ2) is 5.64. The third-order valence-corrected chi connectivity index (χ3v) is 3.09. The number of nitrogens with one attached hydrogen (secondary N) is 1. The van der Waals surface area contributed by atoms with Gasteiger partial charge >= 0.3 is 0 Å². The fourth-order valence-corrected chi connectivity index (χ4v) is 2.05. The van der Waals surface area contributed by atoms with Crippen molar-refractivity contribution in [2.24, 2.45) is 5.92 Å². The lowest BCUT2D eigenvalue weighted by Gasteiger charge is -2.20. The van der Waals surface area contributed by atoms with E-state index in [-0.39, 0.29) is 17.5 Å². The number of hydrogen-bond acceptors (Lipinski definition) is 3. The molecule has 3 heteroatoms. The Balaban J connectivity index is 2.05. The van der Waals surface area contributed by atoms with E-state index in [1.807, 2.05) is 18.2 Å².